The van der Waals surface area contributed by atoms with Crippen molar-refractivity contribution in [2.24, 2.45) is 5.14 Å². The van der Waals surface area contributed by atoms with E-state index < -0.39 is 10.0 Å². The number of benzene rings is 1. The molecule has 0 aliphatic heterocycles. The van der Waals surface area contributed by atoms with Crippen molar-refractivity contribution in [1.82, 2.24) is 0 Å². The molecule has 0 aliphatic rings. The van der Waals surface area contributed by atoms with Crippen LogP contribution in [0.5, 0.6) is 0 Å². The third-order valence-electron chi connectivity index (χ3n) is 1.55. The number of hydrogen-bond acceptors (Lipinski definition) is 2. The van der Waals surface area contributed by atoms with Crippen molar-refractivity contribution < 1.29 is 8.42 Å². The van der Waals surface area contributed by atoms with Crippen LogP contribution in [0.4, 0.5) is 0 Å². The number of allylic oxidation sites excluding steroid dienone is 1. The van der Waals surface area contributed by atoms with Crippen LogP contribution in [-0.4, -0.2) is 8.42 Å². The van der Waals surface area contributed by atoms with Gasteiger partial charge in [0.2, 0.25) is 10.0 Å². The molecule has 1 rings (SSSR count). The lowest BCUT2D eigenvalue weighted by Gasteiger charge is -2.03. The van der Waals surface area contributed by atoms with E-state index in [-0.39, 0.29) is 4.90 Å². The molecule has 4 heteroatoms. The van der Waals surface area contributed by atoms with E-state index in [4.69, 9.17) is 5.14 Å². The quantitative estimate of drug-likeness (QED) is 0.729. The third-order valence-corrected chi connectivity index (χ3v) is 2.50. The number of rotatable bonds is 3. The molecule has 0 spiro atoms. The van der Waals surface area contributed by atoms with Crippen LogP contribution in [0.2, 0.25) is 0 Å². The van der Waals surface area contributed by atoms with E-state index in [1.807, 2.05) is 0 Å². The molecule has 0 saturated heterocycles. The van der Waals surface area contributed by atoms with Crippen LogP contribution in [0.15, 0.2) is 35.7 Å². The summed E-state index contributed by atoms with van der Waals surface area (Å²) in [6.07, 6.45) is 2.10. The number of primary sulfonamides is 1. The Morgan fingerprint density at radius 2 is 2.31 bits per heavy atom. The van der Waals surface area contributed by atoms with E-state index in [0.29, 0.717) is 12.0 Å². The van der Waals surface area contributed by atoms with Crippen LogP contribution in [0.1, 0.15) is 5.56 Å². The van der Waals surface area contributed by atoms with Crippen molar-refractivity contribution in [1.29, 1.82) is 0 Å². The minimum Gasteiger partial charge on any atom is -0.225 e. The van der Waals surface area contributed by atoms with Crippen molar-refractivity contribution in [2.75, 3.05) is 0 Å². The summed E-state index contributed by atoms with van der Waals surface area (Å²) in [4.78, 5) is 0.0508. The Kier molecular flexibility index (Phi) is 2.85. The highest BCUT2D eigenvalue weighted by atomic mass is 32.2. The Balaban J connectivity index is 3.28. The second-order valence-corrected chi connectivity index (χ2v) is 4.06. The number of nitrogens with two attached hydrogens (primary N) is 1. The molecule has 0 aromatic heterocycles. The van der Waals surface area contributed by atoms with Crippen LogP contribution in [0.3, 0.4) is 0 Å². The Morgan fingerprint density at radius 3 is 2.85 bits per heavy atom. The maximum atomic E-state index is 11.0. The maximum Gasteiger partial charge on any atom is 0.238 e. The van der Waals surface area contributed by atoms with Crippen LogP contribution >= 0.6 is 0 Å². The molecule has 0 fully saturated rings. The van der Waals surface area contributed by atoms with E-state index in [9.17, 15) is 8.42 Å². The normalized spacial score (nSPS) is 11.2. The summed E-state index contributed by atoms with van der Waals surface area (Å²) in [7, 11) is -3.66. The molecule has 0 saturated carbocycles. The van der Waals surface area contributed by atoms with E-state index in [0.717, 1.165) is 0 Å². The molecule has 69 valence electrons. The molecular weight excluding hydrogens is 186 g/mol. The van der Waals surface area contributed by atoms with Crippen molar-refractivity contribution in [3.63, 3.8) is 0 Å². The summed E-state index contributed by atoms with van der Waals surface area (Å²) < 4.78 is 22.1. The highest BCUT2D eigenvalue weighted by Crippen LogP contribution is 2.13. The zero-order valence-electron chi connectivity index (χ0n) is 7.03. The van der Waals surface area contributed by atoms with Gasteiger partial charge in [0, 0.05) is 6.07 Å². The Hall–Kier alpha value is -1.13. The maximum absolute atomic E-state index is 11.0. The van der Waals surface area contributed by atoms with Gasteiger partial charge >= 0.3 is 0 Å². The molecule has 0 unspecified atom stereocenters. The fourth-order valence-electron chi connectivity index (χ4n) is 1.04. The standard InChI is InChI=1S/C9H10NO2S/c1-2-5-8-6-3-4-7-9(8)13(10,11)12/h2-4,6H,1,5H2,(H2,10,11,12). The van der Waals surface area contributed by atoms with Gasteiger partial charge in [0.15, 0.2) is 0 Å². The minimum absolute atomic E-state index is 0.0508. The fourth-order valence-corrected chi connectivity index (χ4v) is 1.79. The van der Waals surface area contributed by atoms with Crippen LogP contribution in [-0.2, 0) is 16.4 Å². The SMILES string of the molecule is C=CCc1ccc[c]c1S(N)(=O)=O. The first-order valence-electron chi connectivity index (χ1n) is 3.69. The van der Waals surface area contributed by atoms with Crippen molar-refractivity contribution in [2.45, 2.75) is 11.3 Å². The van der Waals surface area contributed by atoms with Gasteiger partial charge in [0.1, 0.15) is 0 Å². The largest absolute Gasteiger partial charge is 0.238 e. The summed E-state index contributed by atoms with van der Waals surface area (Å²) in [6.45, 7) is 3.53. The first-order chi connectivity index (χ1) is 6.05. The van der Waals surface area contributed by atoms with Crippen LogP contribution < -0.4 is 5.14 Å². The van der Waals surface area contributed by atoms with Gasteiger partial charge in [-0.15, -0.1) is 6.58 Å². The molecule has 0 atom stereocenters. The molecule has 0 bridgehead atoms. The highest BCUT2D eigenvalue weighted by Gasteiger charge is 2.11. The van der Waals surface area contributed by atoms with Gasteiger partial charge in [-0.25, -0.2) is 13.6 Å². The summed E-state index contributed by atoms with van der Waals surface area (Å²) in [6, 6.07) is 7.53. The van der Waals surface area contributed by atoms with Crippen molar-refractivity contribution in [3.8, 4) is 0 Å². The van der Waals surface area contributed by atoms with Gasteiger partial charge in [-0.3, -0.25) is 0 Å². The van der Waals surface area contributed by atoms with Gasteiger partial charge < -0.3 is 0 Å². The smallest absolute Gasteiger partial charge is 0.225 e. The van der Waals surface area contributed by atoms with Gasteiger partial charge in [0.05, 0.1) is 4.90 Å². The molecule has 1 radical (unpaired) electrons. The molecule has 3 nitrogen and oxygen atoms in total. The van der Waals surface area contributed by atoms with Crippen LogP contribution in [0, 0.1) is 6.07 Å². The topological polar surface area (TPSA) is 60.2 Å². The molecule has 1 aromatic rings. The van der Waals surface area contributed by atoms with Gasteiger partial charge in [-0.05, 0) is 12.0 Å². The molecule has 13 heavy (non-hydrogen) atoms. The summed E-state index contributed by atoms with van der Waals surface area (Å²) in [5.41, 5.74) is 0.625. The number of sulfonamides is 1. The second kappa shape index (κ2) is 3.72. The average molecular weight is 196 g/mol. The number of hydrogen-bond donors (Lipinski definition) is 1. The Morgan fingerprint density at radius 1 is 1.62 bits per heavy atom. The molecule has 1 aromatic carbocycles. The molecule has 2 N–H and O–H groups in total. The average Bonchev–Trinajstić information content (AvgIpc) is 2.04. The molecular formula is C9H10NO2S. The Bertz CT molecular complexity index is 409. The van der Waals surface area contributed by atoms with Crippen molar-refractivity contribution >= 4 is 10.0 Å². The lowest BCUT2D eigenvalue weighted by atomic mass is 10.1. The predicted molar refractivity (Wildman–Crippen MR) is 50.6 cm³/mol. The zero-order chi connectivity index (χ0) is 9.90. The van der Waals surface area contributed by atoms with E-state index in [2.05, 4.69) is 12.6 Å². The first kappa shape index (κ1) is 9.95. The monoisotopic (exact) mass is 196 g/mol. The first-order valence-corrected chi connectivity index (χ1v) is 5.23. The Labute approximate surface area is 77.9 Å². The van der Waals surface area contributed by atoms with Crippen LogP contribution in [0.25, 0.3) is 0 Å². The minimum atomic E-state index is -3.66. The highest BCUT2D eigenvalue weighted by molar-refractivity contribution is 7.89. The third kappa shape index (κ3) is 2.40. The predicted octanol–water partition coefficient (Wildman–Crippen LogP) is 0.863. The van der Waals surface area contributed by atoms with Gasteiger partial charge in [-0.2, -0.15) is 0 Å². The van der Waals surface area contributed by atoms with E-state index in [1.165, 1.54) is 6.07 Å². The van der Waals surface area contributed by atoms with E-state index in [1.54, 1.807) is 18.2 Å². The molecule has 0 amide bonds. The van der Waals surface area contributed by atoms with Gasteiger partial charge in [0.25, 0.3) is 0 Å². The lowest BCUT2D eigenvalue weighted by Crippen LogP contribution is -2.14. The second-order valence-electron chi connectivity index (χ2n) is 2.56. The lowest BCUT2D eigenvalue weighted by molar-refractivity contribution is 0.597. The van der Waals surface area contributed by atoms with Crippen molar-refractivity contribution in [3.05, 3.63) is 42.5 Å². The van der Waals surface area contributed by atoms with Gasteiger partial charge in [-0.1, -0.05) is 24.3 Å². The zero-order valence-corrected chi connectivity index (χ0v) is 7.84. The molecule has 0 aliphatic carbocycles. The van der Waals surface area contributed by atoms with E-state index >= 15 is 0 Å². The summed E-state index contributed by atoms with van der Waals surface area (Å²) in [5.74, 6) is 0. The fraction of sp³-hybridized carbons (Fsp3) is 0.111. The summed E-state index contributed by atoms with van der Waals surface area (Å²) in [5, 5.41) is 4.99. The summed E-state index contributed by atoms with van der Waals surface area (Å²) >= 11 is 0. The molecule has 0 heterocycles.